The molecule has 8 rings (SSSR count). The Balaban J connectivity index is 1.27. The summed E-state index contributed by atoms with van der Waals surface area (Å²) in [6.45, 7) is 0. The van der Waals surface area contributed by atoms with Gasteiger partial charge >= 0.3 is 0 Å². The molecule has 1 spiro atoms. The summed E-state index contributed by atoms with van der Waals surface area (Å²) < 4.78 is 22.2. The van der Waals surface area contributed by atoms with E-state index in [4.69, 9.17) is 11.6 Å². The summed E-state index contributed by atoms with van der Waals surface area (Å²) in [5.74, 6) is -0.244. The third kappa shape index (κ3) is 3.44. The summed E-state index contributed by atoms with van der Waals surface area (Å²) in [5, 5.41) is 7.32. The number of rotatable bonds is 2. The lowest BCUT2D eigenvalue weighted by molar-refractivity contribution is 0.0929. The average molecular weight is 559 g/mol. The highest BCUT2D eigenvalue weighted by molar-refractivity contribution is 7.12. The van der Waals surface area contributed by atoms with Crippen molar-refractivity contribution in [3.8, 4) is 22.4 Å². The van der Waals surface area contributed by atoms with Crippen LogP contribution in [-0.2, 0) is 12.8 Å². The second-order valence-electron chi connectivity index (χ2n) is 10.6. The van der Waals surface area contributed by atoms with Crippen molar-refractivity contribution < 1.29 is 9.18 Å². The van der Waals surface area contributed by atoms with Crippen molar-refractivity contribution in [2.45, 2.75) is 43.7 Å². The van der Waals surface area contributed by atoms with Crippen molar-refractivity contribution >= 4 is 39.3 Å². The van der Waals surface area contributed by atoms with Gasteiger partial charge in [-0.3, -0.25) is 9.59 Å². The molecular formula is C28H20ClFN6O2S. The molecule has 1 atom stereocenters. The highest BCUT2D eigenvalue weighted by Crippen LogP contribution is 2.46. The Morgan fingerprint density at radius 3 is 2.85 bits per heavy atom. The molecule has 39 heavy (non-hydrogen) atoms. The highest BCUT2D eigenvalue weighted by Gasteiger charge is 2.47. The van der Waals surface area contributed by atoms with Gasteiger partial charge in [0, 0.05) is 34.0 Å². The number of amides is 1. The lowest BCUT2D eigenvalue weighted by Crippen LogP contribution is -2.41. The van der Waals surface area contributed by atoms with Gasteiger partial charge in [0.15, 0.2) is 0 Å². The van der Waals surface area contributed by atoms with Crippen LogP contribution in [0.4, 0.5) is 4.39 Å². The van der Waals surface area contributed by atoms with Crippen LogP contribution in [0, 0.1) is 5.82 Å². The summed E-state index contributed by atoms with van der Waals surface area (Å²) in [6.07, 6.45) is 4.95. The quantitative estimate of drug-likeness (QED) is 0.315. The Hall–Kier alpha value is -3.89. The molecule has 3 aliphatic rings. The maximum atomic E-state index is 15.5. The largest absolute Gasteiger partial charge is 0.346 e. The molecule has 5 heterocycles. The molecule has 5 aromatic rings. The summed E-state index contributed by atoms with van der Waals surface area (Å²) in [5.41, 5.74) is 4.07. The minimum atomic E-state index is -0.595. The number of fused-ring (bicyclic) bond motifs is 6. The van der Waals surface area contributed by atoms with Crippen molar-refractivity contribution in [3.63, 3.8) is 0 Å². The molecule has 8 nitrogen and oxygen atoms in total. The van der Waals surface area contributed by atoms with Gasteiger partial charge in [0.1, 0.15) is 17.2 Å². The fraction of sp³-hybridized carbons (Fsp3) is 0.250. The lowest BCUT2D eigenvalue weighted by atomic mass is 9.88. The monoisotopic (exact) mass is 558 g/mol. The van der Waals surface area contributed by atoms with Crippen LogP contribution < -0.4 is 10.9 Å². The Morgan fingerprint density at radius 2 is 2.00 bits per heavy atom. The smallest absolute Gasteiger partial charge is 0.254 e. The van der Waals surface area contributed by atoms with Crippen LogP contribution in [0.25, 0.3) is 32.6 Å². The van der Waals surface area contributed by atoms with E-state index in [0.717, 1.165) is 39.9 Å². The number of carbonyl (C=O) groups is 1. The Kier molecular flexibility index (Phi) is 4.76. The van der Waals surface area contributed by atoms with Crippen LogP contribution in [0.5, 0.6) is 0 Å². The molecule has 2 N–H and O–H groups in total. The van der Waals surface area contributed by atoms with Crippen LogP contribution >= 0.6 is 23.1 Å². The SMILES string of the molecule is O=C1NC2(CC2)Cc2ccc(Cl)c(F)c2-c2cc(=O)n3c(c21)CC[C@H]3c1ncc(-c2ccc3snnc3c2)[nH]1. The van der Waals surface area contributed by atoms with Crippen LogP contribution in [0.2, 0.25) is 5.02 Å². The van der Waals surface area contributed by atoms with Crippen molar-refractivity contribution in [1.82, 2.24) is 29.4 Å². The predicted octanol–water partition coefficient (Wildman–Crippen LogP) is 5.06. The summed E-state index contributed by atoms with van der Waals surface area (Å²) in [6, 6.07) is 10.2. The number of aromatic nitrogens is 5. The number of hydrogen-bond acceptors (Lipinski definition) is 6. The number of benzene rings is 2. The summed E-state index contributed by atoms with van der Waals surface area (Å²) >= 11 is 7.53. The summed E-state index contributed by atoms with van der Waals surface area (Å²) in [4.78, 5) is 35.3. The van der Waals surface area contributed by atoms with Gasteiger partial charge in [-0.05, 0) is 67.4 Å². The van der Waals surface area contributed by atoms with E-state index < -0.39 is 5.82 Å². The van der Waals surface area contributed by atoms with Gasteiger partial charge in [0.05, 0.1) is 33.2 Å². The van der Waals surface area contributed by atoms with Gasteiger partial charge in [0.25, 0.3) is 11.5 Å². The molecule has 0 unspecified atom stereocenters. The van der Waals surface area contributed by atoms with Crippen LogP contribution in [-0.4, -0.2) is 35.6 Å². The molecular weight excluding hydrogens is 539 g/mol. The number of nitrogens with zero attached hydrogens (tertiary/aromatic N) is 4. The van der Waals surface area contributed by atoms with E-state index in [9.17, 15) is 9.59 Å². The Morgan fingerprint density at radius 1 is 1.13 bits per heavy atom. The maximum Gasteiger partial charge on any atom is 0.254 e. The number of pyridine rings is 1. The second-order valence-corrected chi connectivity index (χ2v) is 11.8. The van der Waals surface area contributed by atoms with Gasteiger partial charge in [-0.1, -0.05) is 28.2 Å². The number of imidazole rings is 1. The standard InChI is InChI=1S/C28H20ClFN6O2S/c29-16-3-1-14-11-28(7-8-28)33-27(38)24-15(23(14)25(16)30)10-22(37)36-19(24)4-5-20(36)26-31-12-18(32-26)13-2-6-21-17(9-13)34-35-39-21/h1-3,6,9-10,12,20H,4-5,7-8,11H2,(H,31,32)(H,33,38)/t20-/m0/s1. The zero-order chi connectivity index (χ0) is 26.5. The first-order valence-corrected chi connectivity index (χ1v) is 13.9. The first-order chi connectivity index (χ1) is 18.9. The number of nitrogens with one attached hydrogen (secondary N) is 2. The highest BCUT2D eigenvalue weighted by atomic mass is 35.5. The van der Waals surface area contributed by atoms with Gasteiger partial charge in [0.2, 0.25) is 0 Å². The number of H-pyrrole nitrogens is 1. The molecule has 3 aromatic heterocycles. The Labute approximate surface area is 230 Å². The minimum absolute atomic E-state index is 0.0289. The number of hydrogen-bond donors (Lipinski definition) is 2. The van der Waals surface area contributed by atoms with Gasteiger partial charge in [-0.15, -0.1) is 5.10 Å². The molecule has 0 radical (unpaired) electrons. The van der Waals surface area contributed by atoms with Crippen LogP contribution in [0.1, 0.15) is 52.7 Å². The predicted molar refractivity (Wildman–Crippen MR) is 146 cm³/mol. The molecule has 0 saturated heterocycles. The van der Waals surface area contributed by atoms with Crippen LogP contribution in [0.15, 0.2) is 47.4 Å². The normalized spacial score (nSPS) is 18.8. The van der Waals surface area contributed by atoms with Crippen LogP contribution in [0.3, 0.4) is 0 Å². The van der Waals surface area contributed by atoms with E-state index in [1.165, 1.54) is 17.6 Å². The van der Waals surface area contributed by atoms with Gasteiger partial charge in [-0.25, -0.2) is 9.37 Å². The fourth-order valence-corrected chi connectivity index (χ4v) is 6.86. The van der Waals surface area contributed by atoms with E-state index in [2.05, 4.69) is 24.9 Å². The molecule has 194 valence electrons. The van der Waals surface area contributed by atoms with Gasteiger partial charge in [-0.2, -0.15) is 0 Å². The lowest BCUT2D eigenvalue weighted by Gasteiger charge is -2.27. The second kappa shape index (κ2) is 8.06. The zero-order valence-electron chi connectivity index (χ0n) is 20.4. The zero-order valence-corrected chi connectivity index (χ0v) is 22.0. The third-order valence-electron chi connectivity index (χ3n) is 8.23. The van der Waals surface area contributed by atoms with E-state index in [-0.39, 0.29) is 33.6 Å². The van der Waals surface area contributed by atoms with Crippen molar-refractivity contribution in [2.75, 3.05) is 0 Å². The summed E-state index contributed by atoms with van der Waals surface area (Å²) in [7, 11) is 0. The molecule has 11 heteroatoms. The van der Waals surface area contributed by atoms with Gasteiger partial charge < -0.3 is 14.9 Å². The van der Waals surface area contributed by atoms with E-state index in [1.54, 1.807) is 22.9 Å². The molecule has 1 aliphatic carbocycles. The van der Waals surface area contributed by atoms with E-state index >= 15 is 4.39 Å². The molecule has 2 aromatic carbocycles. The first-order valence-electron chi connectivity index (χ1n) is 12.8. The molecule has 1 saturated carbocycles. The number of halogens is 2. The fourth-order valence-electron chi connectivity index (χ4n) is 6.17. The van der Waals surface area contributed by atoms with Crippen molar-refractivity contribution in [2.24, 2.45) is 0 Å². The Bertz CT molecular complexity index is 1920. The first kappa shape index (κ1) is 23.0. The maximum absolute atomic E-state index is 15.5. The molecule has 2 aliphatic heterocycles. The third-order valence-corrected chi connectivity index (χ3v) is 9.22. The molecule has 0 bridgehead atoms. The van der Waals surface area contributed by atoms with Crippen molar-refractivity contribution in [1.29, 1.82) is 0 Å². The van der Waals surface area contributed by atoms with E-state index in [0.29, 0.717) is 41.9 Å². The molecule has 1 fully saturated rings. The van der Waals surface area contributed by atoms with Crippen molar-refractivity contribution in [3.05, 3.63) is 86.4 Å². The number of aromatic amines is 1. The van der Waals surface area contributed by atoms with E-state index in [1.807, 2.05) is 18.2 Å². The number of carbonyl (C=O) groups excluding carboxylic acids is 1. The topological polar surface area (TPSA) is 106 Å². The average Bonchev–Trinajstić information content (AvgIpc) is 3.31. The molecule has 1 amide bonds. The minimum Gasteiger partial charge on any atom is -0.346 e.